The van der Waals surface area contributed by atoms with Gasteiger partial charge in [-0.25, -0.2) is 4.79 Å². The molecule has 1 aromatic rings. The third-order valence-electron chi connectivity index (χ3n) is 3.29. The second-order valence-electron chi connectivity index (χ2n) is 4.62. The highest BCUT2D eigenvalue weighted by Crippen LogP contribution is 2.36. The average Bonchev–Trinajstić information content (AvgIpc) is 2.65. The summed E-state index contributed by atoms with van der Waals surface area (Å²) in [4.78, 5) is 24.7. The van der Waals surface area contributed by atoms with Crippen molar-refractivity contribution in [3.8, 4) is 0 Å². The molecule has 4 atom stereocenters. The molecule has 9 heteroatoms. The van der Waals surface area contributed by atoms with Crippen molar-refractivity contribution >= 4 is 0 Å². The van der Waals surface area contributed by atoms with Crippen LogP contribution >= 0.6 is 0 Å². The first kappa shape index (κ1) is 14.9. The molecule has 2 rings (SSSR count). The van der Waals surface area contributed by atoms with Crippen LogP contribution < -0.4 is 11.2 Å². The molecule has 20 heavy (non-hydrogen) atoms. The van der Waals surface area contributed by atoms with Crippen LogP contribution in [-0.2, 0) is 9.47 Å². The molecule has 0 aliphatic carbocycles. The summed E-state index contributed by atoms with van der Waals surface area (Å²) in [5.74, 6) is 0. The van der Waals surface area contributed by atoms with E-state index in [1.54, 1.807) is 0 Å². The Hall–Kier alpha value is -1.52. The summed E-state index contributed by atoms with van der Waals surface area (Å²) in [7, 11) is 1.35. The van der Waals surface area contributed by atoms with Crippen molar-refractivity contribution in [2.75, 3.05) is 20.3 Å². The molecule has 1 fully saturated rings. The zero-order chi connectivity index (χ0) is 14.9. The van der Waals surface area contributed by atoms with Crippen LogP contribution in [0.4, 0.5) is 0 Å². The maximum absolute atomic E-state index is 11.7. The van der Waals surface area contributed by atoms with Gasteiger partial charge in [0.2, 0.25) is 0 Å². The van der Waals surface area contributed by atoms with Crippen molar-refractivity contribution in [2.45, 2.75) is 24.0 Å². The summed E-state index contributed by atoms with van der Waals surface area (Å²) in [6, 6.07) is 1.08. The number of methoxy groups -OCH3 is 1. The lowest BCUT2D eigenvalue weighted by Crippen LogP contribution is -2.49. The number of rotatable bonds is 4. The minimum absolute atomic E-state index is 0.170. The topological polar surface area (TPSA) is 134 Å². The van der Waals surface area contributed by atoms with Gasteiger partial charge in [-0.05, 0) is 0 Å². The van der Waals surface area contributed by atoms with Gasteiger partial charge in [0.1, 0.15) is 17.8 Å². The van der Waals surface area contributed by atoms with E-state index in [1.807, 2.05) is 4.98 Å². The van der Waals surface area contributed by atoms with Crippen LogP contribution in [0.5, 0.6) is 0 Å². The Bertz CT molecular complexity index is 583. The molecule has 0 spiro atoms. The van der Waals surface area contributed by atoms with E-state index >= 15 is 0 Å². The van der Waals surface area contributed by atoms with Gasteiger partial charge in [-0.1, -0.05) is 0 Å². The number of aliphatic hydroxyl groups is 3. The van der Waals surface area contributed by atoms with Crippen LogP contribution in [0.2, 0.25) is 0 Å². The molecule has 1 saturated heterocycles. The SMILES string of the molecule is COC[C@@]1(CO)O[C@@H](n2ccc(=O)[nH]c2=O)C(O)C1O. The van der Waals surface area contributed by atoms with Gasteiger partial charge in [-0.3, -0.25) is 14.3 Å². The van der Waals surface area contributed by atoms with Gasteiger partial charge in [-0.15, -0.1) is 0 Å². The molecule has 0 amide bonds. The van der Waals surface area contributed by atoms with Crippen molar-refractivity contribution in [1.29, 1.82) is 0 Å². The summed E-state index contributed by atoms with van der Waals surface area (Å²) in [6.45, 7) is -0.774. The molecule has 2 heterocycles. The second kappa shape index (κ2) is 5.46. The molecule has 0 saturated carbocycles. The summed E-state index contributed by atoms with van der Waals surface area (Å²) < 4.78 is 11.2. The average molecular weight is 288 g/mol. The van der Waals surface area contributed by atoms with Crippen LogP contribution in [-0.4, -0.2) is 63.0 Å². The number of aromatic nitrogens is 2. The van der Waals surface area contributed by atoms with Gasteiger partial charge in [0.25, 0.3) is 5.56 Å². The van der Waals surface area contributed by atoms with E-state index in [1.165, 1.54) is 7.11 Å². The Kier molecular flexibility index (Phi) is 4.06. The van der Waals surface area contributed by atoms with Gasteiger partial charge >= 0.3 is 5.69 Å². The molecule has 1 aromatic heterocycles. The third-order valence-corrected chi connectivity index (χ3v) is 3.29. The number of aliphatic hydroxyl groups excluding tert-OH is 3. The highest BCUT2D eigenvalue weighted by Gasteiger charge is 2.55. The van der Waals surface area contributed by atoms with Crippen molar-refractivity contribution in [2.24, 2.45) is 0 Å². The van der Waals surface area contributed by atoms with Crippen molar-refractivity contribution in [3.63, 3.8) is 0 Å². The van der Waals surface area contributed by atoms with Gasteiger partial charge in [0, 0.05) is 19.4 Å². The van der Waals surface area contributed by atoms with Crippen LogP contribution in [0.1, 0.15) is 6.23 Å². The third kappa shape index (κ3) is 2.30. The summed E-state index contributed by atoms with van der Waals surface area (Å²) in [5.41, 5.74) is -2.92. The van der Waals surface area contributed by atoms with E-state index in [0.29, 0.717) is 0 Å². The van der Waals surface area contributed by atoms with Gasteiger partial charge in [0.05, 0.1) is 13.2 Å². The predicted molar refractivity (Wildman–Crippen MR) is 65.2 cm³/mol. The van der Waals surface area contributed by atoms with Crippen LogP contribution in [0, 0.1) is 0 Å². The molecule has 4 N–H and O–H groups in total. The Labute approximate surface area is 113 Å². The van der Waals surface area contributed by atoms with E-state index in [2.05, 4.69) is 0 Å². The van der Waals surface area contributed by atoms with Gasteiger partial charge in [-0.2, -0.15) is 0 Å². The largest absolute Gasteiger partial charge is 0.393 e. The van der Waals surface area contributed by atoms with E-state index in [4.69, 9.17) is 9.47 Å². The Balaban J connectivity index is 2.39. The fourth-order valence-electron chi connectivity index (χ4n) is 2.24. The fourth-order valence-corrected chi connectivity index (χ4v) is 2.24. The summed E-state index contributed by atoms with van der Waals surface area (Å²) in [5, 5.41) is 29.4. The lowest BCUT2D eigenvalue weighted by molar-refractivity contribution is -0.156. The maximum atomic E-state index is 11.7. The lowest BCUT2D eigenvalue weighted by atomic mass is 9.97. The van der Waals surface area contributed by atoms with Gasteiger partial charge in [0.15, 0.2) is 6.23 Å². The van der Waals surface area contributed by atoms with Crippen LogP contribution in [0.25, 0.3) is 0 Å². The molecule has 112 valence electrons. The summed E-state index contributed by atoms with van der Waals surface area (Å²) >= 11 is 0. The minimum Gasteiger partial charge on any atom is -0.393 e. The minimum atomic E-state index is -1.53. The van der Waals surface area contributed by atoms with E-state index < -0.39 is 41.9 Å². The maximum Gasteiger partial charge on any atom is 0.330 e. The molecular formula is C11H16N2O7. The van der Waals surface area contributed by atoms with Crippen molar-refractivity contribution in [3.05, 3.63) is 33.1 Å². The van der Waals surface area contributed by atoms with E-state index in [0.717, 1.165) is 16.8 Å². The number of hydrogen-bond acceptors (Lipinski definition) is 7. The first-order valence-electron chi connectivity index (χ1n) is 5.90. The number of nitrogens with zero attached hydrogens (tertiary/aromatic N) is 1. The van der Waals surface area contributed by atoms with Crippen LogP contribution in [0.3, 0.4) is 0 Å². The molecule has 2 unspecified atom stereocenters. The van der Waals surface area contributed by atoms with Crippen molar-refractivity contribution < 1.29 is 24.8 Å². The number of nitrogens with one attached hydrogen (secondary N) is 1. The normalized spacial score (nSPS) is 33.5. The fraction of sp³-hybridized carbons (Fsp3) is 0.636. The monoisotopic (exact) mass is 288 g/mol. The molecule has 1 aliphatic heterocycles. The first-order chi connectivity index (χ1) is 9.45. The van der Waals surface area contributed by atoms with E-state index in [-0.39, 0.29) is 6.61 Å². The molecular weight excluding hydrogens is 272 g/mol. The smallest absolute Gasteiger partial charge is 0.330 e. The number of hydrogen-bond donors (Lipinski definition) is 4. The zero-order valence-corrected chi connectivity index (χ0v) is 10.7. The number of aromatic amines is 1. The number of H-pyrrole nitrogens is 1. The zero-order valence-electron chi connectivity index (χ0n) is 10.7. The van der Waals surface area contributed by atoms with Crippen molar-refractivity contribution in [1.82, 2.24) is 9.55 Å². The first-order valence-corrected chi connectivity index (χ1v) is 5.90. The summed E-state index contributed by atoms with van der Waals surface area (Å²) in [6.07, 6.45) is -3.00. The predicted octanol–water partition coefficient (Wildman–Crippen LogP) is -2.84. The highest BCUT2D eigenvalue weighted by molar-refractivity contribution is 5.02. The number of ether oxygens (including phenoxy) is 2. The highest BCUT2D eigenvalue weighted by atomic mass is 16.6. The molecule has 0 bridgehead atoms. The Morgan fingerprint density at radius 3 is 2.75 bits per heavy atom. The van der Waals surface area contributed by atoms with Crippen LogP contribution in [0.15, 0.2) is 21.9 Å². The molecule has 1 aliphatic rings. The lowest BCUT2D eigenvalue weighted by Gasteiger charge is -2.28. The molecule has 0 aromatic carbocycles. The quantitative estimate of drug-likeness (QED) is 0.469. The van der Waals surface area contributed by atoms with E-state index in [9.17, 15) is 24.9 Å². The Morgan fingerprint density at radius 2 is 2.20 bits per heavy atom. The molecule has 9 nitrogen and oxygen atoms in total. The van der Waals surface area contributed by atoms with Gasteiger partial charge < -0.3 is 24.8 Å². The Morgan fingerprint density at radius 1 is 1.50 bits per heavy atom. The second-order valence-corrected chi connectivity index (χ2v) is 4.62. The standard InChI is InChI=1S/C11H16N2O7/c1-19-5-11(4-14)8(17)7(16)9(20-11)13-3-2-6(15)12-10(13)18/h2-3,7-9,14,16-17H,4-5H2,1H3,(H,12,15,18)/t7?,8?,9-,11-/m1/s1. The molecule has 0 radical (unpaired) electrons.